The summed E-state index contributed by atoms with van der Waals surface area (Å²) in [5.41, 5.74) is 0. The molecule has 0 aliphatic heterocycles. The van der Waals surface area contributed by atoms with Gasteiger partial charge in [-0.3, -0.25) is 0 Å². The Morgan fingerprint density at radius 2 is 1.82 bits per heavy atom. The quantitative estimate of drug-likeness (QED) is 0.820. The van der Waals surface area contributed by atoms with Crippen LogP contribution in [0.25, 0.3) is 10.8 Å². The van der Waals surface area contributed by atoms with Crippen molar-refractivity contribution in [2.45, 2.75) is 31.2 Å². The third kappa shape index (κ3) is 3.40. The van der Waals surface area contributed by atoms with Crippen molar-refractivity contribution >= 4 is 20.8 Å². The molecule has 0 saturated heterocycles. The third-order valence-corrected chi connectivity index (χ3v) is 5.05. The number of aliphatic hydroxyl groups is 1. The number of nitrogens with one attached hydrogen (secondary N) is 1. The first-order chi connectivity index (χ1) is 10.5. The molecule has 0 aliphatic carbocycles. The highest BCUT2D eigenvalue weighted by atomic mass is 32.2. The summed E-state index contributed by atoms with van der Waals surface area (Å²) in [7, 11) is -3.71. The van der Waals surface area contributed by atoms with E-state index in [0.717, 1.165) is 5.39 Å². The van der Waals surface area contributed by atoms with Gasteiger partial charge in [-0.1, -0.05) is 31.2 Å². The minimum absolute atomic E-state index is 0.193. The van der Waals surface area contributed by atoms with Gasteiger partial charge in [0.2, 0.25) is 10.0 Å². The Kier molecular flexibility index (Phi) is 5.39. The summed E-state index contributed by atoms with van der Waals surface area (Å²) in [4.78, 5) is 0.193. The van der Waals surface area contributed by atoms with Crippen molar-refractivity contribution in [2.75, 3.05) is 13.2 Å². The predicted molar refractivity (Wildman–Crippen MR) is 86.6 cm³/mol. The fourth-order valence-electron chi connectivity index (χ4n) is 2.29. The summed E-state index contributed by atoms with van der Waals surface area (Å²) >= 11 is 0. The Hall–Kier alpha value is -1.63. The summed E-state index contributed by atoms with van der Waals surface area (Å²) in [6.07, 6.45) is 0.519. The molecule has 0 bridgehead atoms. The van der Waals surface area contributed by atoms with Crippen LogP contribution in [0, 0.1) is 0 Å². The summed E-state index contributed by atoms with van der Waals surface area (Å²) in [5, 5.41) is 10.6. The van der Waals surface area contributed by atoms with E-state index in [-0.39, 0.29) is 11.5 Å². The Labute approximate surface area is 131 Å². The fraction of sp³-hybridized carbons (Fsp3) is 0.375. The van der Waals surface area contributed by atoms with Crippen LogP contribution in [0.5, 0.6) is 5.75 Å². The molecule has 1 atom stereocenters. The van der Waals surface area contributed by atoms with E-state index < -0.39 is 16.1 Å². The average molecular weight is 323 g/mol. The van der Waals surface area contributed by atoms with Crippen molar-refractivity contribution < 1.29 is 18.3 Å². The van der Waals surface area contributed by atoms with Crippen LogP contribution in [0.2, 0.25) is 0 Å². The maximum atomic E-state index is 12.6. The topological polar surface area (TPSA) is 75.6 Å². The van der Waals surface area contributed by atoms with E-state index in [1.54, 1.807) is 24.3 Å². The Balaban J connectivity index is 2.54. The molecule has 0 heterocycles. The van der Waals surface area contributed by atoms with Gasteiger partial charge in [0.15, 0.2) is 0 Å². The van der Waals surface area contributed by atoms with Crippen molar-refractivity contribution in [1.29, 1.82) is 0 Å². The molecule has 0 saturated carbocycles. The molecule has 2 N–H and O–H groups in total. The van der Waals surface area contributed by atoms with Crippen LogP contribution in [0.15, 0.2) is 41.3 Å². The minimum Gasteiger partial charge on any atom is -0.493 e. The fourth-order valence-corrected chi connectivity index (χ4v) is 3.81. The summed E-state index contributed by atoms with van der Waals surface area (Å²) in [6.45, 7) is 3.98. The monoisotopic (exact) mass is 323 g/mol. The predicted octanol–water partition coefficient (Wildman–Crippen LogP) is 2.29. The van der Waals surface area contributed by atoms with Gasteiger partial charge in [-0.2, -0.15) is 0 Å². The molecule has 0 spiro atoms. The molecule has 120 valence electrons. The molecule has 2 aromatic rings. The summed E-state index contributed by atoms with van der Waals surface area (Å²) < 4.78 is 33.2. The average Bonchev–Trinajstić information content (AvgIpc) is 2.53. The molecule has 0 radical (unpaired) electrons. The first kappa shape index (κ1) is 16.7. The normalized spacial score (nSPS) is 13.2. The second-order valence-electron chi connectivity index (χ2n) is 4.95. The highest BCUT2D eigenvalue weighted by Gasteiger charge is 2.21. The van der Waals surface area contributed by atoms with Crippen molar-refractivity contribution in [3.05, 3.63) is 36.4 Å². The van der Waals surface area contributed by atoms with Gasteiger partial charge in [0.25, 0.3) is 0 Å². The zero-order valence-electron chi connectivity index (χ0n) is 12.7. The molecule has 22 heavy (non-hydrogen) atoms. The van der Waals surface area contributed by atoms with E-state index in [1.165, 1.54) is 0 Å². The molecule has 0 aliphatic rings. The van der Waals surface area contributed by atoms with Crippen molar-refractivity contribution in [3.63, 3.8) is 0 Å². The maximum absolute atomic E-state index is 12.6. The molecule has 6 heteroatoms. The van der Waals surface area contributed by atoms with Crippen LogP contribution < -0.4 is 9.46 Å². The Morgan fingerprint density at radius 1 is 1.14 bits per heavy atom. The second kappa shape index (κ2) is 7.09. The van der Waals surface area contributed by atoms with E-state index in [4.69, 9.17) is 4.74 Å². The van der Waals surface area contributed by atoms with Crippen LogP contribution in [-0.4, -0.2) is 32.8 Å². The van der Waals surface area contributed by atoms with Gasteiger partial charge < -0.3 is 9.84 Å². The third-order valence-electron chi connectivity index (χ3n) is 3.47. The van der Waals surface area contributed by atoms with Crippen molar-refractivity contribution in [1.82, 2.24) is 4.72 Å². The number of fused-ring (bicyclic) bond motifs is 1. The SMILES string of the molecule is CCOc1ccc(S(=O)(=O)N[C@H](CC)CO)c2ccccc12. The second-order valence-corrected chi connectivity index (χ2v) is 6.63. The van der Waals surface area contributed by atoms with Gasteiger partial charge in [-0.15, -0.1) is 0 Å². The minimum atomic E-state index is -3.71. The Bertz CT molecular complexity index is 739. The number of ether oxygens (including phenoxy) is 1. The van der Waals surface area contributed by atoms with Crippen molar-refractivity contribution in [2.24, 2.45) is 0 Å². The largest absolute Gasteiger partial charge is 0.493 e. The molecule has 2 rings (SSSR count). The van der Waals surface area contributed by atoms with Gasteiger partial charge >= 0.3 is 0 Å². The summed E-state index contributed by atoms with van der Waals surface area (Å²) in [6, 6.07) is 9.95. The zero-order chi connectivity index (χ0) is 16.2. The van der Waals surface area contributed by atoms with E-state index >= 15 is 0 Å². The van der Waals surface area contributed by atoms with Gasteiger partial charge in [-0.25, -0.2) is 13.1 Å². The molecule has 0 amide bonds. The smallest absolute Gasteiger partial charge is 0.241 e. The lowest BCUT2D eigenvalue weighted by Crippen LogP contribution is -2.36. The molecule has 0 fully saturated rings. The first-order valence-electron chi connectivity index (χ1n) is 7.31. The van der Waals surface area contributed by atoms with Crippen LogP contribution in [0.3, 0.4) is 0 Å². The lowest BCUT2D eigenvalue weighted by Gasteiger charge is -2.16. The number of sulfonamides is 1. The summed E-state index contributed by atoms with van der Waals surface area (Å²) in [5.74, 6) is 0.659. The van der Waals surface area contributed by atoms with Gasteiger partial charge in [0, 0.05) is 16.8 Å². The Morgan fingerprint density at radius 3 is 2.41 bits per heavy atom. The number of benzene rings is 2. The van der Waals surface area contributed by atoms with Gasteiger partial charge in [0.1, 0.15) is 5.75 Å². The van der Waals surface area contributed by atoms with Crippen LogP contribution in [0.4, 0.5) is 0 Å². The number of rotatable bonds is 7. The van der Waals surface area contributed by atoms with Gasteiger partial charge in [0.05, 0.1) is 18.1 Å². The number of hydrogen-bond donors (Lipinski definition) is 2. The van der Waals surface area contributed by atoms with E-state index in [0.29, 0.717) is 24.2 Å². The lowest BCUT2D eigenvalue weighted by molar-refractivity contribution is 0.254. The highest BCUT2D eigenvalue weighted by molar-refractivity contribution is 7.89. The van der Waals surface area contributed by atoms with Gasteiger partial charge in [-0.05, 0) is 25.5 Å². The van der Waals surface area contributed by atoms with Crippen LogP contribution in [0.1, 0.15) is 20.3 Å². The van der Waals surface area contributed by atoms with E-state index in [9.17, 15) is 13.5 Å². The molecular weight excluding hydrogens is 302 g/mol. The molecule has 0 unspecified atom stereocenters. The maximum Gasteiger partial charge on any atom is 0.241 e. The van der Waals surface area contributed by atoms with E-state index in [1.807, 2.05) is 26.0 Å². The van der Waals surface area contributed by atoms with Crippen LogP contribution in [-0.2, 0) is 10.0 Å². The number of hydrogen-bond acceptors (Lipinski definition) is 4. The zero-order valence-corrected chi connectivity index (χ0v) is 13.6. The molecular formula is C16H21NO4S. The lowest BCUT2D eigenvalue weighted by atomic mass is 10.1. The highest BCUT2D eigenvalue weighted by Crippen LogP contribution is 2.31. The first-order valence-corrected chi connectivity index (χ1v) is 8.79. The molecule has 0 aromatic heterocycles. The molecule has 2 aromatic carbocycles. The van der Waals surface area contributed by atoms with Crippen molar-refractivity contribution in [3.8, 4) is 5.75 Å². The molecule has 5 nitrogen and oxygen atoms in total. The van der Waals surface area contributed by atoms with E-state index in [2.05, 4.69) is 4.72 Å². The standard InChI is InChI=1S/C16H21NO4S/c1-3-12(11-18)17-22(19,20)16-10-9-15(21-4-2)13-7-5-6-8-14(13)16/h5-10,12,17-18H,3-4,11H2,1-2H3/t12-/m1/s1. The number of aliphatic hydroxyl groups excluding tert-OH is 1. The van der Waals surface area contributed by atoms with Crippen LogP contribution >= 0.6 is 0 Å².